The number of carbonyl (C=O) groups excluding carboxylic acids is 6. The number of likely N-dealkylation sites (tertiary alicyclic amines) is 2. The van der Waals surface area contributed by atoms with E-state index in [1.807, 2.05) is 93.5 Å². The van der Waals surface area contributed by atoms with Gasteiger partial charge in [-0.2, -0.15) is 0 Å². The van der Waals surface area contributed by atoms with Gasteiger partial charge in [-0.3, -0.25) is 29.0 Å². The van der Waals surface area contributed by atoms with Crippen molar-refractivity contribution in [3.05, 3.63) is 175 Å². The van der Waals surface area contributed by atoms with Crippen LogP contribution in [-0.4, -0.2) is 157 Å². The summed E-state index contributed by atoms with van der Waals surface area (Å²) in [6.45, 7) is 29.0. The predicted octanol–water partition coefficient (Wildman–Crippen LogP) is 15.7. The molecule has 3 atom stereocenters. The zero-order valence-electron chi connectivity index (χ0n) is 60.3. The molecular weight excluding hydrogens is 1580 g/mol. The summed E-state index contributed by atoms with van der Waals surface area (Å²) in [4.78, 5) is 112. The first-order chi connectivity index (χ1) is 47.0. The van der Waals surface area contributed by atoms with Crippen molar-refractivity contribution in [2.75, 3.05) is 54.4 Å². The number of rotatable bonds is 10. The van der Waals surface area contributed by atoms with Crippen LogP contribution in [0.25, 0.3) is 0 Å². The standard InChI is InChI=1S/C28H33ClN4O5.C23H25ClN4O3.C16H24ClN3O2.C6H5Cl2N.CH3.W/c1-17-9-14-21(29)24(30-17)33(20-8-7-15-32(16-20)26(36)37-27(2,3)4)25(35)19-12-10-18(11-13-19)22-23(34)28(5,6)38-31-22;1-14-6-11-18(24)21(26-14)28(17-5-4-12-25-13-17)22(30)16-9-7-15(8-10-16)19-20(29)23(2,3)31-27-19;1-11-7-8-13(17)14(18-11)19-12-6-5-9-20(10-12)15(21)22-16(2,3)4;1-4-2-3-5(7)6(8)9-4;;/h9-14,20H,7-8,15-16H2,1-6H3;6-11,17,25H,4-5,12-13H2,1-3H3;7-8,12H,5-6,9-10H2,1-4H3,(H,18,19);2-3H,1H3;1H3;/q;;;;-1;/t20-;17-;12-;;;/m111.../s1. The number of ether oxygens (including phenoxy) is 2. The van der Waals surface area contributed by atoms with E-state index in [0.717, 1.165) is 55.9 Å². The molecule has 0 aliphatic carbocycles. The van der Waals surface area contributed by atoms with Gasteiger partial charge in [0.15, 0.2) is 34.3 Å². The Balaban J connectivity index is 0.000000230. The molecule has 102 heavy (non-hydrogen) atoms. The first-order valence-electron chi connectivity index (χ1n) is 33.1. The van der Waals surface area contributed by atoms with Crippen LogP contribution in [0, 0.1) is 35.1 Å². The van der Waals surface area contributed by atoms with Gasteiger partial charge in [-0.05, 0) is 215 Å². The Morgan fingerprint density at radius 3 is 1.35 bits per heavy atom. The molecule has 5 aliphatic rings. The zero-order valence-corrected chi connectivity index (χ0v) is 67.0. The molecule has 3 fully saturated rings. The van der Waals surface area contributed by atoms with Gasteiger partial charge in [-0.1, -0.05) is 92.6 Å². The molecule has 6 aromatic rings. The zero-order chi connectivity index (χ0) is 73.2. The van der Waals surface area contributed by atoms with Gasteiger partial charge in [-0.15, -0.1) is 0 Å². The van der Waals surface area contributed by atoms with Gasteiger partial charge in [0, 0.05) is 105 Å². The normalized spacial score (nSPS) is 18.2. The van der Waals surface area contributed by atoms with Crippen molar-refractivity contribution in [3.63, 3.8) is 0 Å². The van der Waals surface area contributed by atoms with Crippen LogP contribution < -0.4 is 20.4 Å². The Labute approximate surface area is 637 Å². The molecule has 0 saturated carbocycles. The van der Waals surface area contributed by atoms with Crippen molar-refractivity contribution < 1.29 is 69.0 Å². The van der Waals surface area contributed by atoms with Crippen LogP contribution in [0.3, 0.4) is 0 Å². The van der Waals surface area contributed by atoms with E-state index in [-0.39, 0.29) is 94.1 Å². The quantitative estimate of drug-likeness (QED) is 0.0955. The number of nitrogens with zero attached hydrogens (tertiary/aromatic N) is 10. The number of halogens is 5. The van der Waals surface area contributed by atoms with Crippen LogP contribution in [0.1, 0.15) is 162 Å². The Hall–Kier alpha value is -7.30. The minimum absolute atomic E-state index is 0. The van der Waals surface area contributed by atoms with Crippen LogP contribution >= 0.6 is 58.0 Å². The molecule has 0 radical (unpaired) electrons. The first-order valence-corrected chi connectivity index (χ1v) is 35.0. The van der Waals surface area contributed by atoms with Gasteiger partial charge in [-0.25, -0.2) is 29.5 Å². The number of nitrogens with one attached hydrogen (secondary N) is 2. The van der Waals surface area contributed by atoms with Gasteiger partial charge < -0.3 is 47.0 Å². The largest absolute Gasteiger partial charge is 0.444 e. The van der Waals surface area contributed by atoms with Gasteiger partial charge in [0.2, 0.25) is 11.6 Å². The average molecular weight is 1670 g/mol. The number of hydrogen-bond acceptors (Lipinski definition) is 18. The fraction of sp³-hybridized carbons (Fsp3) is 0.446. The fourth-order valence-corrected chi connectivity index (χ4v) is 12.0. The minimum atomic E-state index is -1.02. The fourth-order valence-electron chi connectivity index (χ4n) is 11.1. The Kier molecular flexibility index (Phi) is 29.5. The molecule has 2 N–H and O–H groups in total. The number of hydrogen-bond donors (Lipinski definition) is 2. The van der Waals surface area contributed by atoms with Crippen molar-refractivity contribution in [1.29, 1.82) is 0 Å². The molecule has 548 valence electrons. The van der Waals surface area contributed by atoms with Crippen LogP contribution in [-0.2, 0) is 49.8 Å². The SMILES string of the molecule is Cc1ccc(Cl)c(Cl)n1.Cc1ccc(Cl)c(N(C(=O)c2ccc(C3=NOC(C)(C)C3=O)cc2)[C@@H]2CCCN(C(=O)OC(C)(C)C)C2)n1.Cc1ccc(Cl)c(N(C(=O)c2ccc(C3=NOC(C)(C)C3=O)cc2)[C@@H]2CCCNC2)n1.Cc1ccc(Cl)c(N[C@@H]2CCCN(C(=O)OC(C)(C)C)C2)n1.[CH3-].[W]. The summed E-state index contributed by atoms with van der Waals surface area (Å²) in [5, 5.41) is 16.8. The molecule has 0 spiro atoms. The third-order valence-corrected chi connectivity index (χ3v) is 17.9. The number of aryl methyl sites for hydroxylation is 4. The van der Waals surface area contributed by atoms with E-state index in [4.69, 9.17) is 77.2 Å². The Morgan fingerprint density at radius 2 is 0.941 bits per heavy atom. The summed E-state index contributed by atoms with van der Waals surface area (Å²) < 4.78 is 11.0. The predicted molar refractivity (Wildman–Crippen MR) is 398 cm³/mol. The molecule has 11 rings (SSSR count). The van der Waals surface area contributed by atoms with E-state index in [9.17, 15) is 28.8 Å². The molecule has 2 aromatic carbocycles. The van der Waals surface area contributed by atoms with E-state index < -0.39 is 28.5 Å². The number of aromatic nitrogens is 4. The number of Topliss-reactive ketones (excluding diaryl/α,β-unsaturated/α-hetero) is 2. The van der Waals surface area contributed by atoms with Crippen molar-refractivity contribution in [3.8, 4) is 0 Å². The van der Waals surface area contributed by atoms with Crippen molar-refractivity contribution in [2.24, 2.45) is 10.3 Å². The molecule has 5 aliphatic heterocycles. The van der Waals surface area contributed by atoms with Gasteiger partial charge in [0.05, 0.1) is 32.2 Å². The monoisotopic (exact) mass is 1670 g/mol. The van der Waals surface area contributed by atoms with E-state index in [1.54, 1.807) is 120 Å². The summed E-state index contributed by atoms with van der Waals surface area (Å²) in [6.07, 6.45) is 4.40. The van der Waals surface area contributed by atoms with Crippen LogP contribution in [0.4, 0.5) is 27.0 Å². The molecule has 9 heterocycles. The number of carbonyl (C=O) groups is 6. The van der Waals surface area contributed by atoms with E-state index in [2.05, 4.69) is 40.9 Å². The molecule has 3 saturated heterocycles. The van der Waals surface area contributed by atoms with Crippen LogP contribution in [0.2, 0.25) is 25.2 Å². The van der Waals surface area contributed by atoms with E-state index in [1.165, 1.54) is 0 Å². The summed E-state index contributed by atoms with van der Waals surface area (Å²) in [5.74, 6) is 0.575. The minimum Gasteiger partial charge on any atom is -0.444 e. The Morgan fingerprint density at radius 1 is 0.539 bits per heavy atom. The molecule has 4 amide bonds. The third kappa shape index (κ3) is 22.4. The second kappa shape index (κ2) is 35.9. The number of anilines is 3. The molecule has 0 bridgehead atoms. The number of benzene rings is 2. The summed E-state index contributed by atoms with van der Waals surface area (Å²) in [7, 11) is 0. The summed E-state index contributed by atoms with van der Waals surface area (Å²) >= 11 is 30.3. The third-order valence-electron chi connectivity index (χ3n) is 16.3. The Bertz CT molecular complexity index is 4050. The number of oxime groups is 2. The van der Waals surface area contributed by atoms with E-state index >= 15 is 0 Å². The average Bonchev–Trinajstić information content (AvgIpc) is 0.891. The van der Waals surface area contributed by atoms with Gasteiger partial charge in [0.25, 0.3) is 11.8 Å². The number of piperidine rings is 3. The summed E-state index contributed by atoms with van der Waals surface area (Å²) in [6, 6.07) is 27.5. The van der Waals surface area contributed by atoms with Crippen LogP contribution in [0.15, 0.2) is 107 Å². The summed E-state index contributed by atoms with van der Waals surface area (Å²) in [5.41, 5.74) is 2.72. The number of amides is 4. The smallest absolute Gasteiger partial charge is 0.410 e. The molecule has 22 nitrogen and oxygen atoms in total. The molecular formula is C74H90Cl5N12O10W-. The second-order valence-electron chi connectivity index (χ2n) is 27.9. The molecule has 4 aromatic heterocycles. The van der Waals surface area contributed by atoms with Crippen LogP contribution in [0.5, 0.6) is 0 Å². The topological polar surface area (TPSA) is 253 Å². The van der Waals surface area contributed by atoms with Gasteiger partial charge in [0.1, 0.15) is 22.2 Å². The van der Waals surface area contributed by atoms with Crippen molar-refractivity contribution in [1.82, 2.24) is 35.1 Å². The van der Waals surface area contributed by atoms with Crippen molar-refractivity contribution in [2.45, 2.75) is 176 Å². The first kappa shape index (κ1) is 83.6. The molecule has 0 unspecified atom stereocenters. The maximum absolute atomic E-state index is 14.0. The second-order valence-corrected chi connectivity index (χ2v) is 29.9. The van der Waals surface area contributed by atoms with Crippen molar-refractivity contribution >= 4 is 122 Å². The molecule has 28 heteroatoms. The van der Waals surface area contributed by atoms with Gasteiger partial charge >= 0.3 is 12.2 Å². The number of ketones is 2. The number of pyridine rings is 4. The maximum Gasteiger partial charge on any atom is 0.410 e. The van der Waals surface area contributed by atoms with E-state index in [0.29, 0.717) is 103 Å². The maximum atomic E-state index is 14.0.